The van der Waals surface area contributed by atoms with Gasteiger partial charge in [0.2, 0.25) is 0 Å². The molecule has 0 amide bonds. The number of rotatable bonds is 8. The Balaban J connectivity index is 2.30. The lowest BCUT2D eigenvalue weighted by Crippen LogP contribution is -1.99. The number of benzene rings is 1. The number of halogens is 1. The molecular weight excluding hydrogens is 219 g/mol. The van der Waals surface area contributed by atoms with Crippen molar-refractivity contribution < 1.29 is 13.9 Å². The first kappa shape index (κ1) is 13.8. The van der Waals surface area contributed by atoms with Crippen molar-refractivity contribution in [3.8, 4) is 11.5 Å². The van der Waals surface area contributed by atoms with Crippen molar-refractivity contribution in [2.75, 3.05) is 13.7 Å². The van der Waals surface area contributed by atoms with E-state index in [0.717, 1.165) is 12.8 Å². The molecule has 96 valence electrons. The maximum atomic E-state index is 13.4. The highest BCUT2D eigenvalue weighted by atomic mass is 19.1. The third kappa shape index (κ3) is 5.07. The van der Waals surface area contributed by atoms with E-state index in [1.807, 2.05) is 0 Å². The minimum atomic E-state index is -0.334. The van der Waals surface area contributed by atoms with Gasteiger partial charge in [-0.3, -0.25) is 0 Å². The zero-order valence-electron chi connectivity index (χ0n) is 10.7. The Morgan fingerprint density at radius 1 is 1.12 bits per heavy atom. The molecule has 0 aliphatic rings. The standard InChI is InChI=1S/C14H21FO2/c1-3-4-5-6-7-10-17-14-11-12(16-2)8-9-13(14)15/h8-9,11H,3-7,10H2,1-2H3. The number of hydrogen-bond donors (Lipinski definition) is 0. The Bertz CT molecular complexity index is 326. The highest BCUT2D eigenvalue weighted by molar-refractivity contribution is 5.34. The van der Waals surface area contributed by atoms with Gasteiger partial charge in [0.25, 0.3) is 0 Å². The van der Waals surface area contributed by atoms with Crippen LogP contribution in [0.4, 0.5) is 4.39 Å². The molecule has 0 aliphatic heterocycles. The lowest BCUT2D eigenvalue weighted by Gasteiger charge is -2.08. The highest BCUT2D eigenvalue weighted by Crippen LogP contribution is 2.23. The van der Waals surface area contributed by atoms with E-state index in [4.69, 9.17) is 9.47 Å². The highest BCUT2D eigenvalue weighted by Gasteiger charge is 2.04. The minimum absolute atomic E-state index is 0.278. The third-order valence-electron chi connectivity index (χ3n) is 2.64. The van der Waals surface area contributed by atoms with E-state index in [9.17, 15) is 4.39 Å². The Labute approximate surface area is 103 Å². The lowest BCUT2D eigenvalue weighted by molar-refractivity contribution is 0.287. The lowest BCUT2D eigenvalue weighted by atomic mass is 10.2. The van der Waals surface area contributed by atoms with Crippen molar-refractivity contribution >= 4 is 0 Å². The summed E-state index contributed by atoms with van der Waals surface area (Å²) < 4.78 is 23.8. The zero-order chi connectivity index (χ0) is 12.5. The zero-order valence-corrected chi connectivity index (χ0v) is 10.7. The fourth-order valence-corrected chi connectivity index (χ4v) is 1.61. The molecule has 3 heteroatoms. The van der Waals surface area contributed by atoms with Crippen molar-refractivity contribution in [1.29, 1.82) is 0 Å². The maximum Gasteiger partial charge on any atom is 0.165 e. The first-order chi connectivity index (χ1) is 8.27. The van der Waals surface area contributed by atoms with E-state index in [2.05, 4.69) is 6.92 Å². The van der Waals surface area contributed by atoms with Crippen molar-refractivity contribution in [3.63, 3.8) is 0 Å². The molecule has 0 bridgehead atoms. The van der Waals surface area contributed by atoms with Crippen LogP contribution in [0.2, 0.25) is 0 Å². The summed E-state index contributed by atoms with van der Waals surface area (Å²) in [5.74, 6) is 0.562. The molecule has 0 aromatic heterocycles. The van der Waals surface area contributed by atoms with E-state index in [1.54, 1.807) is 19.2 Å². The molecule has 0 unspecified atom stereocenters. The van der Waals surface area contributed by atoms with Gasteiger partial charge in [-0.05, 0) is 18.6 Å². The third-order valence-corrected chi connectivity index (χ3v) is 2.64. The van der Waals surface area contributed by atoms with Gasteiger partial charge in [-0.25, -0.2) is 4.39 Å². The quantitative estimate of drug-likeness (QED) is 0.634. The van der Waals surface area contributed by atoms with Crippen LogP contribution in [0.3, 0.4) is 0 Å². The summed E-state index contributed by atoms with van der Waals surface area (Å²) in [6.45, 7) is 2.75. The SMILES string of the molecule is CCCCCCCOc1cc(OC)ccc1F. The molecule has 0 saturated heterocycles. The van der Waals surface area contributed by atoms with Gasteiger partial charge in [0.05, 0.1) is 13.7 Å². The summed E-state index contributed by atoms with van der Waals surface area (Å²) in [6.07, 6.45) is 5.81. The Kier molecular flexibility index (Phi) is 6.45. The van der Waals surface area contributed by atoms with Crippen molar-refractivity contribution in [2.45, 2.75) is 39.0 Å². The average Bonchev–Trinajstić information content (AvgIpc) is 2.35. The van der Waals surface area contributed by atoms with E-state index in [-0.39, 0.29) is 11.6 Å². The van der Waals surface area contributed by atoms with Crippen LogP contribution in [0.1, 0.15) is 39.0 Å². The number of ether oxygens (including phenoxy) is 2. The van der Waals surface area contributed by atoms with Crippen LogP contribution in [0.25, 0.3) is 0 Å². The second-order valence-electron chi connectivity index (χ2n) is 4.06. The van der Waals surface area contributed by atoms with Crippen LogP contribution in [-0.4, -0.2) is 13.7 Å². The smallest absolute Gasteiger partial charge is 0.165 e. The van der Waals surface area contributed by atoms with Gasteiger partial charge < -0.3 is 9.47 Å². The number of methoxy groups -OCH3 is 1. The summed E-state index contributed by atoms with van der Waals surface area (Å²) in [4.78, 5) is 0. The predicted octanol–water partition coefficient (Wildman–Crippen LogP) is 4.18. The van der Waals surface area contributed by atoms with Crippen molar-refractivity contribution in [2.24, 2.45) is 0 Å². The second kappa shape index (κ2) is 7.93. The second-order valence-corrected chi connectivity index (χ2v) is 4.06. The van der Waals surface area contributed by atoms with Gasteiger partial charge in [-0.2, -0.15) is 0 Å². The molecule has 2 nitrogen and oxygen atoms in total. The summed E-state index contributed by atoms with van der Waals surface area (Å²) in [7, 11) is 1.56. The van der Waals surface area contributed by atoms with E-state index in [1.165, 1.54) is 25.3 Å². The number of unbranched alkanes of at least 4 members (excludes halogenated alkanes) is 4. The molecule has 1 aromatic carbocycles. The summed E-state index contributed by atoms with van der Waals surface area (Å²) in [5, 5.41) is 0. The first-order valence-corrected chi connectivity index (χ1v) is 6.24. The molecule has 0 heterocycles. The Morgan fingerprint density at radius 2 is 1.88 bits per heavy atom. The van der Waals surface area contributed by atoms with Crippen LogP contribution in [0, 0.1) is 5.82 Å². The molecule has 0 spiro atoms. The topological polar surface area (TPSA) is 18.5 Å². The van der Waals surface area contributed by atoms with Gasteiger partial charge in [0, 0.05) is 6.07 Å². The molecule has 0 N–H and O–H groups in total. The molecular formula is C14H21FO2. The molecule has 1 rings (SSSR count). The fourth-order valence-electron chi connectivity index (χ4n) is 1.61. The average molecular weight is 240 g/mol. The van der Waals surface area contributed by atoms with E-state index in [0.29, 0.717) is 12.4 Å². The van der Waals surface area contributed by atoms with Crippen LogP contribution in [0.5, 0.6) is 11.5 Å². The Hall–Kier alpha value is -1.25. The normalized spacial score (nSPS) is 10.3. The molecule has 0 radical (unpaired) electrons. The van der Waals surface area contributed by atoms with Crippen molar-refractivity contribution in [1.82, 2.24) is 0 Å². The summed E-state index contributed by atoms with van der Waals surface area (Å²) >= 11 is 0. The van der Waals surface area contributed by atoms with E-state index < -0.39 is 0 Å². The van der Waals surface area contributed by atoms with Crippen LogP contribution in [-0.2, 0) is 0 Å². The Morgan fingerprint density at radius 3 is 2.59 bits per heavy atom. The number of hydrogen-bond acceptors (Lipinski definition) is 2. The van der Waals surface area contributed by atoms with Gasteiger partial charge in [-0.15, -0.1) is 0 Å². The molecule has 0 atom stereocenters. The molecule has 0 saturated carbocycles. The predicted molar refractivity (Wildman–Crippen MR) is 67.2 cm³/mol. The maximum absolute atomic E-state index is 13.4. The fraction of sp³-hybridized carbons (Fsp3) is 0.571. The van der Waals surface area contributed by atoms with Crippen LogP contribution >= 0.6 is 0 Å². The van der Waals surface area contributed by atoms with Crippen molar-refractivity contribution in [3.05, 3.63) is 24.0 Å². The minimum Gasteiger partial charge on any atom is -0.497 e. The van der Waals surface area contributed by atoms with Gasteiger partial charge in [0.15, 0.2) is 11.6 Å². The van der Waals surface area contributed by atoms with E-state index >= 15 is 0 Å². The van der Waals surface area contributed by atoms with Gasteiger partial charge in [-0.1, -0.05) is 32.6 Å². The molecule has 17 heavy (non-hydrogen) atoms. The van der Waals surface area contributed by atoms with Gasteiger partial charge >= 0.3 is 0 Å². The molecule has 0 fully saturated rings. The van der Waals surface area contributed by atoms with Gasteiger partial charge in [0.1, 0.15) is 5.75 Å². The van der Waals surface area contributed by atoms with Crippen LogP contribution in [0.15, 0.2) is 18.2 Å². The van der Waals surface area contributed by atoms with Crippen LogP contribution < -0.4 is 9.47 Å². The summed E-state index contributed by atoms with van der Waals surface area (Å²) in [6, 6.07) is 4.54. The summed E-state index contributed by atoms with van der Waals surface area (Å²) in [5.41, 5.74) is 0. The molecule has 1 aromatic rings. The monoisotopic (exact) mass is 240 g/mol. The first-order valence-electron chi connectivity index (χ1n) is 6.24. The molecule has 0 aliphatic carbocycles. The largest absolute Gasteiger partial charge is 0.497 e.